The number of nitrogens with one attached hydrogen (secondary N) is 1. The van der Waals surface area contributed by atoms with E-state index in [1.54, 1.807) is 24.3 Å². The summed E-state index contributed by atoms with van der Waals surface area (Å²) in [6, 6.07) is 6.70. The summed E-state index contributed by atoms with van der Waals surface area (Å²) >= 11 is 0. The summed E-state index contributed by atoms with van der Waals surface area (Å²) in [7, 11) is 0. The van der Waals surface area contributed by atoms with Gasteiger partial charge in [-0.1, -0.05) is 18.2 Å². The lowest BCUT2D eigenvalue weighted by atomic mass is 10.1. The summed E-state index contributed by atoms with van der Waals surface area (Å²) in [6.45, 7) is 0. The van der Waals surface area contributed by atoms with E-state index < -0.39 is 12.5 Å². The molecule has 1 N–H and O–H groups in total. The Hall–Kier alpha value is -1.12. The van der Waals surface area contributed by atoms with Gasteiger partial charge in [-0.25, -0.2) is 8.78 Å². The standard InChI is InChI=1S/C8H7F2N/c9-7-5-3-1-2-4-6(5)11-8(7)10/h1-4,7-8,11H. The number of hydrogen-bond donors (Lipinski definition) is 1. The van der Waals surface area contributed by atoms with E-state index in [2.05, 4.69) is 5.32 Å². The Morgan fingerprint density at radius 2 is 1.91 bits per heavy atom. The predicted molar refractivity (Wildman–Crippen MR) is 38.8 cm³/mol. The maximum Gasteiger partial charge on any atom is 0.205 e. The Labute approximate surface area is 63.0 Å². The molecule has 1 aromatic carbocycles. The molecular formula is C8H7F2N. The summed E-state index contributed by atoms with van der Waals surface area (Å²) in [6.07, 6.45) is -3.08. The zero-order valence-electron chi connectivity index (χ0n) is 5.72. The summed E-state index contributed by atoms with van der Waals surface area (Å²) in [5.74, 6) is 0. The van der Waals surface area contributed by atoms with Gasteiger partial charge in [-0.3, -0.25) is 0 Å². The Balaban J connectivity index is 2.47. The summed E-state index contributed by atoms with van der Waals surface area (Å²) in [5.41, 5.74) is 0.979. The molecule has 0 radical (unpaired) electrons. The van der Waals surface area contributed by atoms with Gasteiger partial charge in [0.05, 0.1) is 0 Å². The normalized spacial score (nSPS) is 27.8. The van der Waals surface area contributed by atoms with E-state index in [0.29, 0.717) is 11.3 Å². The Kier molecular flexibility index (Phi) is 1.31. The average Bonchev–Trinajstić information content (AvgIpc) is 2.30. The molecule has 2 rings (SSSR count). The summed E-state index contributed by atoms with van der Waals surface area (Å²) in [5, 5.41) is 2.41. The molecule has 2 unspecified atom stereocenters. The van der Waals surface area contributed by atoms with Crippen LogP contribution in [0, 0.1) is 0 Å². The Morgan fingerprint density at radius 1 is 1.18 bits per heavy atom. The van der Waals surface area contributed by atoms with Crippen molar-refractivity contribution in [3.05, 3.63) is 29.8 Å². The van der Waals surface area contributed by atoms with Crippen molar-refractivity contribution in [2.24, 2.45) is 0 Å². The number of para-hydroxylation sites is 1. The molecule has 0 amide bonds. The van der Waals surface area contributed by atoms with Crippen molar-refractivity contribution < 1.29 is 8.78 Å². The quantitative estimate of drug-likeness (QED) is 0.567. The van der Waals surface area contributed by atoms with E-state index in [4.69, 9.17) is 0 Å². The molecule has 1 nitrogen and oxygen atoms in total. The molecule has 1 aliphatic heterocycles. The molecule has 1 heterocycles. The Morgan fingerprint density at radius 3 is 2.64 bits per heavy atom. The second-order valence-corrected chi connectivity index (χ2v) is 2.54. The molecule has 0 aromatic heterocycles. The zero-order valence-corrected chi connectivity index (χ0v) is 5.72. The minimum absolute atomic E-state index is 0.417. The van der Waals surface area contributed by atoms with Gasteiger partial charge in [0.2, 0.25) is 6.30 Å². The largest absolute Gasteiger partial charge is 0.353 e. The molecule has 0 aliphatic carbocycles. The van der Waals surface area contributed by atoms with Crippen LogP contribution in [-0.4, -0.2) is 6.30 Å². The second kappa shape index (κ2) is 2.19. The fraction of sp³-hybridized carbons (Fsp3) is 0.250. The van der Waals surface area contributed by atoms with Crippen LogP contribution in [0.4, 0.5) is 14.5 Å². The van der Waals surface area contributed by atoms with Gasteiger partial charge in [0, 0.05) is 11.3 Å². The highest BCUT2D eigenvalue weighted by atomic mass is 19.2. The van der Waals surface area contributed by atoms with E-state index in [0.717, 1.165) is 0 Å². The first-order valence-electron chi connectivity index (χ1n) is 3.42. The maximum atomic E-state index is 12.9. The lowest BCUT2D eigenvalue weighted by Gasteiger charge is -2.00. The van der Waals surface area contributed by atoms with Crippen LogP contribution in [0.1, 0.15) is 11.7 Å². The molecule has 1 aliphatic rings. The first-order valence-corrected chi connectivity index (χ1v) is 3.42. The molecule has 2 atom stereocenters. The van der Waals surface area contributed by atoms with E-state index in [1.165, 1.54) is 0 Å². The van der Waals surface area contributed by atoms with Crippen LogP contribution in [0.15, 0.2) is 24.3 Å². The lowest BCUT2D eigenvalue weighted by molar-refractivity contribution is 0.206. The van der Waals surface area contributed by atoms with Crippen LogP contribution in [-0.2, 0) is 0 Å². The predicted octanol–water partition coefficient (Wildman–Crippen LogP) is 2.42. The average molecular weight is 155 g/mol. The molecule has 3 heteroatoms. The number of fused-ring (bicyclic) bond motifs is 1. The molecule has 0 fully saturated rings. The minimum atomic E-state index is -1.58. The first kappa shape index (κ1) is 6.58. The van der Waals surface area contributed by atoms with Crippen molar-refractivity contribution in [1.29, 1.82) is 0 Å². The third-order valence-electron chi connectivity index (χ3n) is 1.81. The monoisotopic (exact) mass is 155 g/mol. The molecule has 0 saturated heterocycles. The van der Waals surface area contributed by atoms with E-state index in [9.17, 15) is 8.78 Å². The van der Waals surface area contributed by atoms with Crippen LogP contribution in [0.5, 0.6) is 0 Å². The van der Waals surface area contributed by atoms with Gasteiger partial charge < -0.3 is 5.32 Å². The van der Waals surface area contributed by atoms with E-state index in [1.807, 2.05) is 0 Å². The smallest absolute Gasteiger partial charge is 0.205 e. The lowest BCUT2D eigenvalue weighted by Crippen LogP contribution is -2.09. The number of anilines is 1. The molecule has 1 aromatic rings. The fourth-order valence-corrected chi connectivity index (χ4v) is 1.25. The fourth-order valence-electron chi connectivity index (χ4n) is 1.25. The highest BCUT2D eigenvalue weighted by molar-refractivity contribution is 5.57. The highest BCUT2D eigenvalue weighted by Gasteiger charge is 2.31. The van der Waals surface area contributed by atoms with Crippen molar-refractivity contribution in [2.75, 3.05) is 5.32 Å². The minimum Gasteiger partial charge on any atom is -0.353 e. The molecule has 0 saturated carbocycles. The van der Waals surface area contributed by atoms with Crippen LogP contribution in [0.2, 0.25) is 0 Å². The van der Waals surface area contributed by atoms with Crippen molar-refractivity contribution in [2.45, 2.75) is 12.5 Å². The van der Waals surface area contributed by atoms with Gasteiger partial charge in [-0.15, -0.1) is 0 Å². The van der Waals surface area contributed by atoms with Gasteiger partial charge in [0.1, 0.15) is 0 Å². The van der Waals surface area contributed by atoms with E-state index in [-0.39, 0.29) is 0 Å². The number of hydrogen-bond acceptors (Lipinski definition) is 1. The number of halogens is 2. The van der Waals surface area contributed by atoms with Crippen LogP contribution < -0.4 is 5.32 Å². The molecule has 0 bridgehead atoms. The second-order valence-electron chi connectivity index (χ2n) is 2.54. The van der Waals surface area contributed by atoms with Crippen molar-refractivity contribution >= 4 is 5.69 Å². The SMILES string of the molecule is FC1Nc2ccccc2C1F. The molecule has 0 spiro atoms. The van der Waals surface area contributed by atoms with Crippen molar-refractivity contribution in [3.63, 3.8) is 0 Å². The van der Waals surface area contributed by atoms with Gasteiger partial charge in [-0.2, -0.15) is 0 Å². The molecular weight excluding hydrogens is 148 g/mol. The first-order chi connectivity index (χ1) is 5.29. The van der Waals surface area contributed by atoms with E-state index >= 15 is 0 Å². The van der Waals surface area contributed by atoms with Gasteiger partial charge >= 0.3 is 0 Å². The van der Waals surface area contributed by atoms with Gasteiger partial charge in [-0.05, 0) is 6.07 Å². The number of alkyl halides is 2. The summed E-state index contributed by atoms with van der Waals surface area (Å²) < 4.78 is 25.5. The zero-order chi connectivity index (χ0) is 7.84. The van der Waals surface area contributed by atoms with Gasteiger partial charge in [0.25, 0.3) is 0 Å². The third kappa shape index (κ3) is 0.878. The Bertz CT molecular complexity index is 275. The van der Waals surface area contributed by atoms with Crippen LogP contribution in [0.25, 0.3) is 0 Å². The number of benzene rings is 1. The maximum absolute atomic E-state index is 12.9. The number of rotatable bonds is 0. The topological polar surface area (TPSA) is 12.0 Å². The summed E-state index contributed by atoms with van der Waals surface area (Å²) in [4.78, 5) is 0. The molecule has 58 valence electrons. The third-order valence-corrected chi connectivity index (χ3v) is 1.81. The van der Waals surface area contributed by atoms with Gasteiger partial charge in [0.15, 0.2) is 6.17 Å². The van der Waals surface area contributed by atoms with Crippen molar-refractivity contribution in [3.8, 4) is 0 Å². The van der Waals surface area contributed by atoms with Crippen molar-refractivity contribution in [1.82, 2.24) is 0 Å². The molecule has 11 heavy (non-hydrogen) atoms. The van der Waals surface area contributed by atoms with Crippen LogP contribution in [0.3, 0.4) is 0 Å². The highest BCUT2D eigenvalue weighted by Crippen LogP contribution is 2.36. The van der Waals surface area contributed by atoms with Crippen LogP contribution >= 0.6 is 0 Å².